The second-order valence-corrected chi connectivity index (χ2v) is 12.9. The number of nitriles is 1. The van der Waals surface area contributed by atoms with Gasteiger partial charge < -0.3 is 14.5 Å². The van der Waals surface area contributed by atoms with Crippen molar-refractivity contribution in [3.05, 3.63) is 60.2 Å². The van der Waals surface area contributed by atoms with E-state index in [0.717, 1.165) is 28.3 Å². The smallest absolute Gasteiger partial charge is 0.377 e. The van der Waals surface area contributed by atoms with E-state index in [9.17, 15) is 23.3 Å². The number of carbonyl (C=O) groups excluding carboxylic acids is 2. The molecule has 42 heavy (non-hydrogen) atoms. The monoisotopic (exact) mass is 606 g/mol. The van der Waals surface area contributed by atoms with Crippen LogP contribution < -0.4 is 10.2 Å². The van der Waals surface area contributed by atoms with Gasteiger partial charge in [0, 0.05) is 55.5 Å². The number of hydrogen-bond donors (Lipinski definition) is 1. The van der Waals surface area contributed by atoms with Gasteiger partial charge >= 0.3 is 12.0 Å². The van der Waals surface area contributed by atoms with Crippen LogP contribution in [0.15, 0.2) is 53.7 Å². The Kier molecular flexibility index (Phi) is 7.03. The Morgan fingerprint density at radius 1 is 1.17 bits per heavy atom. The minimum absolute atomic E-state index is 0.0859. The summed E-state index contributed by atoms with van der Waals surface area (Å²) in [6.07, 6.45) is 4.50. The zero-order valence-corrected chi connectivity index (χ0v) is 24.3. The van der Waals surface area contributed by atoms with Gasteiger partial charge in [-0.25, -0.2) is 27.0 Å². The third kappa shape index (κ3) is 4.72. The maximum absolute atomic E-state index is 13.4. The summed E-state index contributed by atoms with van der Waals surface area (Å²) in [6.45, 7) is 1.12. The molecule has 6 rings (SSSR count). The SMILES string of the molecule is COC(=O)c1nsc(NC(=O)N2CC3CC(N(C)c4c(C#N)cnc5c4ccn5S(=O)(=O)c4ccccc4)C[C@@H]3C2)n1. The molecule has 1 aromatic carbocycles. The van der Waals surface area contributed by atoms with E-state index in [0.29, 0.717) is 29.7 Å². The molecule has 2 fully saturated rings. The Morgan fingerprint density at radius 3 is 2.55 bits per heavy atom. The summed E-state index contributed by atoms with van der Waals surface area (Å²) in [7, 11) is -0.722. The van der Waals surface area contributed by atoms with Crippen LogP contribution in [-0.4, -0.2) is 76.9 Å². The highest BCUT2D eigenvalue weighted by atomic mass is 32.2. The second-order valence-electron chi connectivity index (χ2n) is 10.3. The van der Waals surface area contributed by atoms with Crippen molar-refractivity contribution in [2.75, 3.05) is 37.5 Å². The number of esters is 1. The fourth-order valence-electron chi connectivity index (χ4n) is 5.96. The van der Waals surface area contributed by atoms with Gasteiger partial charge in [-0.05, 0) is 42.9 Å². The highest BCUT2D eigenvalue weighted by Gasteiger charge is 2.44. The lowest BCUT2D eigenvalue weighted by Crippen LogP contribution is -2.36. The third-order valence-corrected chi connectivity index (χ3v) is 10.3. The van der Waals surface area contributed by atoms with Crippen LogP contribution in [0.4, 0.5) is 15.6 Å². The number of nitrogens with zero attached hydrogens (tertiary/aromatic N) is 7. The van der Waals surface area contributed by atoms with Crippen LogP contribution in [0.2, 0.25) is 0 Å². The van der Waals surface area contributed by atoms with Gasteiger partial charge in [-0.15, -0.1) is 0 Å². The van der Waals surface area contributed by atoms with Crippen molar-refractivity contribution in [1.29, 1.82) is 5.26 Å². The first-order chi connectivity index (χ1) is 20.2. The van der Waals surface area contributed by atoms with Crippen LogP contribution in [0.25, 0.3) is 11.0 Å². The summed E-state index contributed by atoms with van der Waals surface area (Å²) in [5.74, 6) is -0.252. The van der Waals surface area contributed by atoms with Crippen molar-refractivity contribution in [1.82, 2.24) is 23.2 Å². The maximum atomic E-state index is 13.4. The number of amides is 2. The summed E-state index contributed by atoms with van der Waals surface area (Å²) in [6, 6.07) is 11.8. The molecule has 3 aromatic heterocycles. The number of methoxy groups -OCH3 is 1. The van der Waals surface area contributed by atoms with Gasteiger partial charge in [-0.2, -0.15) is 14.6 Å². The van der Waals surface area contributed by atoms with Gasteiger partial charge in [-0.3, -0.25) is 5.32 Å². The standard InChI is InChI=1S/C27H26N8O5S2/c1-33(19-10-16-14-34(15-17(16)11-19)27(37)31-26-30-23(32-41-26)25(36)40-2)22-18(12-28)13-29-24-21(22)8-9-35(24)42(38,39)20-6-4-3-5-7-20/h3-9,13,16-17,19H,10-11,14-15H2,1-2H3,(H,30,31,32,37)/t16-,17?,19?/m1/s1. The van der Waals surface area contributed by atoms with Crippen molar-refractivity contribution in [3.8, 4) is 6.07 Å². The minimum Gasteiger partial charge on any atom is -0.463 e. The van der Waals surface area contributed by atoms with Gasteiger partial charge in [-0.1, -0.05) is 18.2 Å². The predicted octanol–water partition coefficient (Wildman–Crippen LogP) is 3.16. The summed E-state index contributed by atoms with van der Waals surface area (Å²) < 4.78 is 36.4. The van der Waals surface area contributed by atoms with Gasteiger partial charge in [0.25, 0.3) is 15.8 Å². The van der Waals surface area contributed by atoms with Crippen LogP contribution in [0, 0.1) is 23.2 Å². The topological polar surface area (TPSA) is 163 Å². The Balaban J connectivity index is 1.18. The largest absolute Gasteiger partial charge is 0.463 e. The summed E-state index contributed by atoms with van der Waals surface area (Å²) in [4.78, 5) is 36.8. The van der Waals surface area contributed by atoms with Crippen LogP contribution in [0.1, 0.15) is 29.0 Å². The van der Waals surface area contributed by atoms with Crippen LogP contribution in [0.5, 0.6) is 0 Å². The normalized spacial score (nSPS) is 19.8. The Labute approximate surface area is 245 Å². The first-order valence-electron chi connectivity index (χ1n) is 13.1. The number of aromatic nitrogens is 4. The van der Waals surface area contributed by atoms with Crippen molar-refractivity contribution in [2.45, 2.75) is 23.8 Å². The zero-order valence-electron chi connectivity index (χ0n) is 22.7. The third-order valence-electron chi connectivity index (χ3n) is 7.99. The lowest BCUT2D eigenvalue weighted by atomic mass is 10.0. The number of pyridine rings is 1. The number of likely N-dealkylation sites (tertiary alicyclic amines) is 1. The molecular weight excluding hydrogens is 580 g/mol. The molecule has 4 heterocycles. The number of hydrogen-bond acceptors (Lipinski definition) is 11. The molecule has 2 unspecified atom stereocenters. The Bertz CT molecular complexity index is 1820. The number of ether oxygens (including phenoxy) is 1. The fourth-order valence-corrected chi connectivity index (χ4v) is 7.83. The van der Waals surface area contributed by atoms with E-state index in [2.05, 4.69) is 35.4 Å². The van der Waals surface area contributed by atoms with Crippen LogP contribution >= 0.6 is 11.5 Å². The van der Waals surface area contributed by atoms with E-state index in [1.54, 1.807) is 29.2 Å². The zero-order chi connectivity index (χ0) is 29.6. The van der Waals surface area contributed by atoms with E-state index in [-0.39, 0.29) is 45.4 Å². The van der Waals surface area contributed by atoms with E-state index in [1.165, 1.54) is 31.6 Å². The lowest BCUT2D eigenvalue weighted by molar-refractivity contribution is 0.0588. The second kappa shape index (κ2) is 10.7. The number of rotatable bonds is 6. The van der Waals surface area contributed by atoms with Crippen LogP contribution in [0.3, 0.4) is 0 Å². The molecule has 1 saturated carbocycles. The predicted molar refractivity (Wildman–Crippen MR) is 154 cm³/mol. The quantitative estimate of drug-likeness (QED) is 0.323. The molecule has 1 N–H and O–H groups in total. The van der Waals surface area contributed by atoms with E-state index in [4.69, 9.17) is 0 Å². The van der Waals surface area contributed by atoms with Crippen molar-refractivity contribution in [2.24, 2.45) is 11.8 Å². The lowest BCUT2D eigenvalue weighted by Gasteiger charge is -2.29. The first-order valence-corrected chi connectivity index (χ1v) is 15.3. The average Bonchev–Trinajstić information content (AvgIpc) is 3.79. The number of fused-ring (bicyclic) bond motifs is 2. The fraction of sp³-hybridized carbons (Fsp3) is 0.333. The number of carbonyl (C=O) groups is 2. The van der Waals surface area contributed by atoms with Gasteiger partial charge in [0.1, 0.15) is 6.07 Å². The molecule has 0 bridgehead atoms. The Hall–Kier alpha value is -4.55. The first kappa shape index (κ1) is 27.6. The van der Waals surface area contributed by atoms with Gasteiger partial charge in [0.2, 0.25) is 5.13 Å². The molecule has 0 spiro atoms. The van der Waals surface area contributed by atoms with Gasteiger partial charge in [0.05, 0.1) is 23.3 Å². The molecule has 3 atom stereocenters. The van der Waals surface area contributed by atoms with Crippen molar-refractivity contribution >= 4 is 55.4 Å². The van der Waals surface area contributed by atoms with Crippen molar-refractivity contribution in [3.63, 3.8) is 0 Å². The van der Waals surface area contributed by atoms with E-state index in [1.807, 2.05) is 7.05 Å². The molecule has 13 nitrogen and oxygen atoms in total. The van der Waals surface area contributed by atoms with E-state index >= 15 is 0 Å². The molecule has 1 saturated heterocycles. The van der Waals surface area contributed by atoms with Gasteiger partial charge in [0.15, 0.2) is 5.65 Å². The molecule has 216 valence electrons. The molecular formula is C27H26N8O5S2. The molecule has 2 aliphatic rings. The average molecular weight is 607 g/mol. The van der Waals surface area contributed by atoms with Crippen molar-refractivity contribution < 1.29 is 22.7 Å². The molecule has 1 aliphatic heterocycles. The Morgan fingerprint density at radius 2 is 1.88 bits per heavy atom. The molecule has 15 heteroatoms. The molecule has 0 radical (unpaired) electrons. The van der Waals surface area contributed by atoms with E-state index < -0.39 is 16.0 Å². The number of benzene rings is 1. The summed E-state index contributed by atoms with van der Waals surface area (Å²) in [5, 5.41) is 13.4. The number of nitrogens with one attached hydrogen (secondary N) is 1. The number of anilines is 2. The molecule has 1 aliphatic carbocycles. The highest BCUT2D eigenvalue weighted by molar-refractivity contribution is 7.90. The minimum atomic E-state index is -3.88. The highest BCUT2D eigenvalue weighted by Crippen LogP contribution is 2.43. The summed E-state index contributed by atoms with van der Waals surface area (Å²) >= 11 is 0.912. The molecule has 2 amide bonds. The maximum Gasteiger partial charge on any atom is 0.377 e. The number of urea groups is 1. The molecule has 4 aromatic rings. The summed E-state index contributed by atoms with van der Waals surface area (Å²) in [5.41, 5.74) is 1.26. The van der Waals surface area contributed by atoms with Crippen LogP contribution in [-0.2, 0) is 14.8 Å².